The van der Waals surface area contributed by atoms with Crippen LogP contribution in [0.2, 0.25) is 0 Å². The average Bonchev–Trinajstić information content (AvgIpc) is 3.06. The summed E-state index contributed by atoms with van der Waals surface area (Å²) < 4.78 is 11.4. The third kappa shape index (κ3) is 4.41. The number of carbonyl (C=O) groups excluding carboxylic acids is 1. The Balaban J connectivity index is 1.55. The number of aryl methyl sites for hydroxylation is 2. The summed E-state index contributed by atoms with van der Waals surface area (Å²) in [6.45, 7) is 7.28. The van der Waals surface area contributed by atoms with Crippen molar-refractivity contribution in [3.63, 3.8) is 0 Å². The molecule has 5 heteroatoms. The van der Waals surface area contributed by atoms with Crippen LogP contribution >= 0.6 is 0 Å². The highest BCUT2D eigenvalue weighted by molar-refractivity contribution is 5.78. The van der Waals surface area contributed by atoms with Gasteiger partial charge in [-0.1, -0.05) is 12.1 Å². The van der Waals surface area contributed by atoms with Gasteiger partial charge in [-0.05, 0) is 61.6 Å². The van der Waals surface area contributed by atoms with Crippen molar-refractivity contribution in [2.24, 2.45) is 5.92 Å². The van der Waals surface area contributed by atoms with E-state index in [1.807, 2.05) is 39.0 Å². The Labute approximate surface area is 154 Å². The van der Waals surface area contributed by atoms with Crippen LogP contribution in [0.4, 0.5) is 0 Å². The third-order valence-corrected chi connectivity index (χ3v) is 5.01. The fourth-order valence-corrected chi connectivity index (χ4v) is 3.31. The molecule has 1 aliphatic rings. The molecule has 0 saturated carbocycles. The zero-order chi connectivity index (χ0) is 18.5. The molecule has 1 N–H and O–H groups in total. The summed E-state index contributed by atoms with van der Waals surface area (Å²) in [5, 5.41) is 3.07. The molecule has 5 nitrogen and oxygen atoms in total. The first kappa shape index (κ1) is 18.4. The summed E-state index contributed by atoms with van der Waals surface area (Å²) in [6.07, 6.45) is 4.45. The molecule has 2 aromatic rings. The second-order valence-electron chi connectivity index (χ2n) is 6.97. The molecule has 2 unspecified atom stereocenters. The first-order valence-electron chi connectivity index (χ1n) is 9.00. The number of nitrogens with one attached hydrogen (secondary N) is 1. The summed E-state index contributed by atoms with van der Waals surface area (Å²) >= 11 is 0. The molecular formula is C21H26N2O3. The smallest absolute Gasteiger partial charge is 0.258 e. The van der Waals surface area contributed by atoms with E-state index in [9.17, 15) is 4.79 Å². The van der Waals surface area contributed by atoms with Crippen LogP contribution in [0.15, 0.2) is 36.7 Å². The number of carbonyl (C=O) groups is 1. The van der Waals surface area contributed by atoms with Crippen LogP contribution in [0, 0.1) is 26.7 Å². The number of hydrogen-bond donors (Lipinski definition) is 1. The molecule has 0 radical (unpaired) electrons. The lowest BCUT2D eigenvalue weighted by Crippen LogP contribution is -2.42. The quantitative estimate of drug-likeness (QED) is 0.867. The van der Waals surface area contributed by atoms with Crippen LogP contribution in [-0.2, 0) is 16.0 Å². The number of nitrogens with zero attached hydrogens (tertiary/aromatic N) is 1. The average molecular weight is 354 g/mol. The standard InChI is InChI=1S/C21H26N2O3/c1-14-4-5-15(2)21(16(14)3)26-13-20(24)23-19-12-25-11-18(19)10-17-6-8-22-9-7-17/h4-9,18-19H,10-13H2,1-3H3,(H,23,24). The van der Waals surface area contributed by atoms with E-state index in [2.05, 4.69) is 16.4 Å². The predicted molar refractivity (Wildman–Crippen MR) is 100 cm³/mol. The van der Waals surface area contributed by atoms with Gasteiger partial charge in [-0.2, -0.15) is 0 Å². The largest absolute Gasteiger partial charge is 0.483 e. The lowest BCUT2D eigenvalue weighted by atomic mass is 9.95. The Bertz CT molecular complexity index is 761. The number of hydrogen-bond acceptors (Lipinski definition) is 4. The van der Waals surface area contributed by atoms with Gasteiger partial charge in [0.1, 0.15) is 5.75 Å². The van der Waals surface area contributed by atoms with Gasteiger partial charge in [0.15, 0.2) is 6.61 Å². The molecule has 0 spiro atoms. The van der Waals surface area contributed by atoms with Crippen LogP contribution in [0.25, 0.3) is 0 Å². The molecule has 1 fully saturated rings. The van der Waals surface area contributed by atoms with Crippen molar-refractivity contribution in [2.75, 3.05) is 19.8 Å². The maximum Gasteiger partial charge on any atom is 0.258 e. The van der Waals surface area contributed by atoms with Crippen molar-refractivity contribution in [3.05, 3.63) is 58.9 Å². The van der Waals surface area contributed by atoms with E-state index in [4.69, 9.17) is 9.47 Å². The summed E-state index contributed by atoms with van der Waals surface area (Å²) in [7, 11) is 0. The number of rotatable bonds is 6. The van der Waals surface area contributed by atoms with E-state index in [0.29, 0.717) is 13.2 Å². The molecule has 0 bridgehead atoms. The van der Waals surface area contributed by atoms with Crippen LogP contribution in [0.5, 0.6) is 5.75 Å². The zero-order valence-corrected chi connectivity index (χ0v) is 15.6. The van der Waals surface area contributed by atoms with Gasteiger partial charge in [-0.25, -0.2) is 0 Å². The summed E-state index contributed by atoms with van der Waals surface area (Å²) in [5.41, 5.74) is 4.49. The Morgan fingerprint density at radius 1 is 1.15 bits per heavy atom. The molecule has 1 amide bonds. The fraction of sp³-hybridized carbons (Fsp3) is 0.429. The van der Waals surface area contributed by atoms with Gasteiger partial charge in [0.25, 0.3) is 5.91 Å². The van der Waals surface area contributed by atoms with Crippen molar-refractivity contribution < 1.29 is 14.3 Å². The number of amides is 1. The van der Waals surface area contributed by atoms with Crippen molar-refractivity contribution >= 4 is 5.91 Å². The van der Waals surface area contributed by atoms with Gasteiger partial charge in [-0.3, -0.25) is 9.78 Å². The highest BCUT2D eigenvalue weighted by atomic mass is 16.5. The molecule has 1 aromatic heterocycles. The van der Waals surface area contributed by atoms with Gasteiger partial charge in [0.2, 0.25) is 0 Å². The van der Waals surface area contributed by atoms with Crippen molar-refractivity contribution in [2.45, 2.75) is 33.2 Å². The summed E-state index contributed by atoms with van der Waals surface area (Å²) in [5.74, 6) is 0.959. The molecule has 2 heterocycles. The Kier molecular flexibility index (Phi) is 5.89. The lowest BCUT2D eigenvalue weighted by molar-refractivity contribution is -0.124. The van der Waals surface area contributed by atoms with E-state index >= 15 is 0 Å². The van der Waals surface area contributed by atoms with Gasteiger partial charge in [0.05, 0.1) is 19.3 Å². The number of ether oxygens (including phenoxy) is 2. The predicted octanol–water partition coefficient (Wildman–Crippen LogP) is 2.76. The van der Waals surface area contributed by atoms with Crippen LogP contribution in [-0.4, -0.2) is 36.8 Å². The molecule has 3 rings (SSSR count). The first-order chi connectivity index (χ1) is 12.5. The normalized spacial score (nSPS) is 19.3. The summed E-state index contributed by atoms with van der Waals surface area (Å²) in [4.78, 5) is 16.4. The van der Waals surface area contributed by atoms with Gasteiger partial charge in [-0.15, -0.1) is 0 Å². The number of benzene rings is 1. The van der Waals surface area contributed by atoms with Crippen LogP contribution in [0.1, 0.15) is 22.3 Å². The fourth-order valence-electron chi connectivity index (χ4n) is 3.31. The zero-order valence-electron chi connectivity index (χ0n) is 15.6. The maximum absolute atomic E-state index is 12.4. The van der Waals surface area contributed by atoms with Crippen molar-refractivity contribution in [1.82, 2.24) is 10.3 Å². The molecule has 0 aliphatic carbocycles. The topological polar surface area (TPSA) is 60.5 Å². The van der Waals surface area contributed by atoms with Crippen LogP contribution in [0.3, 0.4) is 0 Å². The summed E-state index contributed by atoms with van der Waals surface area (Å²) in [6, 6.07) is 8.11. The van der Waals surface area contributed by atoms with E-state index in [-0.39, 0.29) is 24.5 Å². The van der Waals surface area contributed by atoms with Crippen molar-refractivity contribution in [1.29, 1.82) is 0 Å². The van der Waals surface area contributed by atoms with Gasteiger partial charge in [0, 0.05) is 18.3 Å². The third-order valence-electron chi connectivity index (χ3n) is 5.01. The number of aromatic nitrogens is 1. The SMILES string of the molecule is Cc1ccc(C)c(OCC(=O)NC2COCC2Cc2ccncc2)c1C. The minimum atomic E-state index is -0.111. The first-order valence-corrected chi connectivity index (χ1v) is 9.00. The molecule has 138 valence electrons. The highest BCUT2D eigenvalue weighted by Gasteiger charge is 2.29. The van der Waals surface area contributed by atoms with Crippen LogP contribution < -0.4 is 10.1 Å². The Hall–Kier alpha value is -2.40. The molecule has 1 aliphatic heterocycles. The second-order valence-corrected chi connectivity index (χ2v) is 6.97. The molecule has 1 aromatic carbocycles. The van der Waals surface area contributed by atoms with Gasteiger partial charge < -0.3 is 14.8 Å². The monoisotopic (exact) mass is 354 g/mol. The van der Waals surface area contributed by atoms with E-state index in [1.54, 1.807) is 12.4 Å². The number of pyridine rings is 1. The highest BCUT2D eigenvalue weighted by Crippen LogP contribution is 2.25. The Morgan fingerprint density at radius 2 is 1.88 bits per heavy atom. The molecule has 26 heavy (non-hydrogen) atoms. The molecule has 1 saturated heterocycles. The van der Waals surface area contributed by atoms with Crippen molar-refractivity contribution in [3.8, 4) is 5.75 Å². The Morgan fingerprint density at radius 3 is 2.65 bits per heavy atom. The van der Waals surface area contributed by atoms with E-state index < -0.39 is 0 Å². The lowest BCUT2D eigenvalue weighted by Gasteiger charge is -2.20. The maximum atomic E-state index is 12.4. The van der Waals surface area contributed by atoms with E-state index in [0.717, 1.165) is 28.9 Å². The minimum absolute atomic E-state index is 0.0129. The van der Waals surface area contributed by atoms with Gasteiger partial charge >= 0.3 is 0 Å². The van der Waals surface area contributed by atoms with E-state index in [1.165, 1.54) is 5.56 Å². The molecular weight excluding hydrogens is 328 g/mol. The molecule has 2 atom stereocenters. The minimum Gasteiger partial charge on any atom is -0.483 e. The second kappa shape index (κ2) is 8.32.